The van der Waals surface area contributed by atoms with E-state index >= 15 is 0 Å². The van der Waals surface area contributed by atoms with Crippen LogP contribution in [0.4, 0.5) is 0 Å². The number of thiazole rings is 1. The first-order valence-corrected chi connectivity index (χ1v) is 5.96. The molecule has 0 aliphatic rings. The van der Waals surface area contributed by atoms with Gasteiger partial charge in [0.15, 0.2) is 10.7 Å². The van der Waals surface area contributed by atoms with Crippen LogP contribution in [0.15, 0.2) is 18.0 Å². The van der Waals surface area contributed by atoms with Gasteiger partial charge in [-0.2, -0.15) is 0 Å². The highest BCUT2D eigenvalue weighted by atomic mass is 32.1. The van der Waals surface area contributed by atoms with Gasteiger partial charge in [0, 0.05) is 18.0 Å². The Balaban J connectivity index is 2.92. The van der Waals surface area contributed by atoms with Crippen LogP contribution in [0.1, 0.15) is 34.1 Å². The van der Waals surface area contributed by atoms with E-state index < -0.39 is 5.97 Å². The molecule has 1 rings (SSSR count). The molecule has 0 aliphatic carbocycles. The minimum atomic E-state index is -1.12. The Kier molecular flexibility index (Phi) is 4.39. The van der Waals surface area contributed by atoms with Crippen LogP contribution in [-0.4, -0.2) is 39.5 Å². The molecule has 6 heteroatoms. The quantitative estimate of drug-likeness (QED) is 0.814. The lowest BCUT2D eigenvalue weighted by molar-refractivity contribution is 0.0691. The van der Waals surface area contributed by atoms with Gasteiger partial charge < -0.3 is 10.0 Å². The molecule has 0 atom stereocenters. The Morgan fingerprint density at radius 3 is 2.71 bits per heavy atom. The average molecular weight is 254 g/mol. The number of hydrogen-bond acceptors (Lipinski definition) is 4. The number of hydrogen-bond donors (Lipinski definition) is 1. The summed E-state index contributed by atoms with van der Waals surface area (Å²) < 4.78 is 0. The first-order chi connectivity index (χ1) is 7.97. The zero-order chi connectivity index (χ0) is 13.0. The molecule has 5 nitrogen and oxygen atoms in total. The van der Waals surface area contributed by atoms with Gasteiger partial charge in [0.1, 0.15) is 0 Å². The molecular formula is C11H14N2O3S. The van der Waals surface area contributed by atoms with E-state index in [1.165, 1.54) is 5.38 Å². The van der Waals surface area contributed by atoms with Crippen molar-refractivity contribution in [1.29, 1.82) is 0 Å². The standard InChI is InChI=1S/C11H14N2O3S/c1-4-5-13(7(2)3)10(14)9-12-8(6-17-9)11(15)16/h4,6-7H,1,5H2,2-3H3,(H,15,16). The summed E-state index contributed by atoms with van der Waals surface area (Å²) >= 11 is 1.04. The Labute approximate surface area is 103 Å². The maximum absolute atomic E-state index is 12.0. The van der Waals surface area contributed by atoms with Gasteiger partial charge in [0.2, 0.25) is 0 Å². The van der Waals surface area contributed by atoms with E-state index in [1.54, 1.807) is 11.0 Å². The monoisotopic (exact) mass is 254 g/mol. The summed E-state index contributed by atoms with van der Waals surface area (Å²) in [4.78, 5) is 28.1. The first kappa shape index (κ1) is 13.4. The fourth-order valence-corrected chi connectivity index (χ4v) is 2.01. The van der Waals surface area contributed by atoms with E-state index in [2.05, 4.69) is 11.6 Å². The van der Waals surface area contributed by atoms with Crippen LogP contribution in [0, 0.1) is 0 Å². The minimum absolute atomic E-state index is 0.0117. The fourth-order valence-electron chi connectivity index (χ4n) is 1.26. The predicted molar refractivity (Wildman–Crippen MR) is 65.4 cm³/mol. The van der Waals surface area contributed by atoms with Crippen molar-refractivity contribution in [2.75, 3.05) is 6.54 Å². The second kappa shape index (κ2) is 5.58. The molecule has 0 aliphatic heterocycles. The van der Waals surface area contributed by atoms with Crippen molar-refractivity contribution < 1.29 is 14.7 Å². The summed E-state index contributed by atoms with van der Waals surface area (Å²) in [5.74, 6) is -1.39. The zero-order valence-electron chi connectivity index (χ0n) is 9.71. The summed E-state index contributed by atoms with van der Waals surface area (Å²) in [5, 5.41) is 10.3. The highest BCUT2D eigenvalue weighted by molar-refractivity contribution is 7.11. The van der Waals surface area contributed by atoms with Gasteiger partial charge in [-0.1, -0.05) is 6.08 Å². The molecule has 1 heterocycles. The number of amides is 1. The number of aromatic nitrogens is 1. The average Bonchev–Trinajstić information content (AvgIpc) is 2.73. The summed E-state index contributed by atoms with van der Waals surface area (Å²) in [6.07, 6.45) is 1.63. The highest BCUT2D eigenvalue weighted by Crippen LogP contribution is 2.14. The van der Waals surface area contributed by atoms with E-state index in [4.69, 9.17) is 5.11 Å². The summed E-state index contributed by atoms with van der Waals surface area (Å²) in [6, 6.07) is 0.0117. The van der Waals surface area contributed by atoms with E-state index in [1.807, 2.05) is 13.8 Å². The molecule has 1 N–H and O–H groups in total. The molecule has 0 saturated carbocycles. The molecule has 1 aromatic rings. The third-order valence-corrected chi connectivity index (χ3v) is 2.95. The second-order valence-electron chi connectivity index (χ2n) is 3.68. The topological polar surface area (TPSA) is 70.5 Å². The molecule has 0 unspecified atom stereocenters. The molecule has 92 valence electrons. The lowest BCUT2D eigenvalue weighted by atomic mass is 10.3. The molecule has 0 bridgehead atoms. The van der Waals surface area contributed by atoms with Crippen molar-refractivity contribution >= 4 is 23.2 Å². The highest BCUT2D eigenvalue weighted by Gasteiger charge is 2.21. The number of rotatable bonds is 5. The summed E-state index contributed by atoms with van der Waals surface area (Å²) in [5.41, 5.74) is -0.0966. The van der Waals surface area contributed by atoms with E-state index in [0.29, 0.717) is 6.54 Å². The number of carboxylic acids is 1. The molecule has 0 aromatic carbocycles. The lowest BCUT2D eigenvalue weighted by Gasteiger charge is -2.24. The van der Waals surface area contributed by atoms with Gasteiger partial charge in [0.05, 0.1) is 0 Å². The SMILES string of the molecule is C=CCN(C(=O)c1nc(C(=O)O)cs1)C(C)C. The lowest BCUT2D eigenvalue weighted by Crippen LogP contribution is -2.37. The van der Waals surface area contributed by atoms with E-state index in [0.717, 1.165) is 11.3 Å². The zero-order valence-corrected chi connectivity index (χ0v) is 10.5. The van der Waals surface area contributed by atoms with Crippen molar-refractivity contribution in [2.45, 2.75) is 19.9 Å². The molecule has 1 aromatic heterocycles. The van der Waals surface area contributed by atoms with Crippen molar-refractivity contribution in [1.82, 2.24) is 9.88 Å². The normalized spacial score (nSPS) is 10.3. The van der Waals surface area contributed by atoms with Crippen LogP contribution < -0.4 is 0 Å². The van der Waals surface area contributed by atoms with Crippen molar-refractivity contribution in [3.8, 4) is 0 Å². The van der Waals surface area contributed by atoms with E-state index in [9.17, 15) is 9.59 Å². The van der Waals surface area contributed by atoms with E-state index in [-0.39, 0.29) is 22.7 Å². The Morgan fingerprint density at radius 2 is 2.29 bits per heavy atom. The minimum Gasteiger partial charge on any atom is -0.476 e. The summed E-state index contributed by atoms with van der Waals surface area (Å²) in [6.45, 7) is 7.77. The van der Waals surface area contributed by atoms with Crippen molar-refractivity contribution in [2.24, 2.45) is 0 Å². The number of carbonyl (C=O) groups excluding carboxylic acids is 1. The van der Waals surface area contributed by atoms with Crippen molar-refractivity contribution in [3.05, 3.63) is 28.7 Å². The van der Waals surface area contributed by atoms with Crippen LogP contribution in [-0.2, 0) is 0 Å². The molecular weight excluding hydrogens is 240 g/mol. The van der Waals surface area contributed by atoms with Gasteiger partial charge in [-0.25, -0.2) is 9.78 Å². The smallest absolute Gasteiger partial charge is 0.355 e. The number of nitrogens with zero attached hydrogens (tertiary/aromatic N) is 2. The molecule has 0 spiro atoms. The van der Waals surface area contributed by atoms with Crippen LogP contribution >= 0.6 is 11.3 Å². The van der Waals surface area contributed by atoms with Crippen LogP contribution in [0.2, 0.25) is 0 Å². The largest absolute Gasteiger partial charge is 0.476 e. The van der Waals surface area contributed by atoms with Crippen molar-refractivity contribution in [3.63, 3.8) is 0 Å². The molecule has 1 amide bonds. The maximum atomic E-state index is 12.0. The number of carboxylic acid groups (broad SMARTS) is 1. The molecule has 0 radical (unpaired) electrons. The van der Waals surface area contributed by atoms with Gasteiger partial charge >= 0.3 is 5.97 Å². The third-order valence-electron chi connectivity index (χ3n) is 2.12. The third kappa shape index (κ3) is 3.13. The fraction of sp³-hybridized carbons (Fsp3) is 0.364. The van der Waals surface area contributed by atoms with Crippen LogP contribution in [0.25, 0.3) is 0 Å². The Bertz CT molecular complexity index is 440. The van der Waals surface area contributed by atoms with Crippen LogP contribution in [0.5, 0.6) is 0 Å². The number of carbonyl (C=O) groups is 2. The van der Waals surface area contributed by atoms with Gasteiger partial charge in [-0.15, -0.1) is 17.9 Å². The summed E-state index contributed by atoms with van der Waals surface area (Å²) in [7, 11) is 0. The van der Waals surface area contributed by atoms with Gasteiger partial charge in [-0.3, -0.25) is 4.79 Å². The Hall–Kier alpha value is -1.69. The second-order valence-corrected chi connectivity index (χ2v) is 4.54. The first-order valence-electron chi connectivity index (χ1n) is 5.08. The predicted octanol–water partition coefficient (Wildman–Crippen LogP) is 1.88. The molecule has 17 heavy (non-hydrogen) atoms. The van der Waals surface area contributed by atoms with Gasteiger partial charge in [-0.05, 0) is 13.8 Å². The van der Waals surface area contributed by atoms with Crippen LogP contribution in [0.3, 0.4) is 0 Å². The maximum Gasteiger partial charge on any atom is 0.355 e. The Morgan fingerprint density at radius 1 is 1.65 bits per heavy atom. The molecule has 0 saturated heterocycles. The molecule has 0 fully saturated rings. The number of aromatic carboxylic acids is 1. The van der Waals surface area contributed by atoms with Gasteiger partial charge in [0.25, 0.3) is 5.91 Å².